The Hall–Kier alpha value is -1.09. The van der Waals surface area contributed by atoms with Crippen molar-refractivity contribution in [1.82, 2.24) is 0 Å². The molecule has 22 heavy (non-hydrogen) atoms. The van der Waals surface area contributed by atoms with Crippen molar-refractivity contribution in [2.75, 3.05) is 0 Å². The van der Waals surface area contributed by atoms with E-state index >= 15 is 0 Å². The lowest BCUT2D eigenvalue weighted by atomic mass is 9.99. The third-order valence-electron chi connectivity index (χ3n) is 4.97. The molecule has 2 aromatic carbocycles. The van der Waals surface area contributed by atoms with Crippen molar-refractivity contribution in [3.63, 3.8) is 0 Å². The van der Waals surface area contributed by atoms with Crippen molar-refractivity contribution in [3.8, 4) is 0 Å². The molecule has 0 N–H and O–H groups in total. The highest BCUT2D eigenvalue weighted by atomic mass is 35.6. The summed E-state index contributed by atoms with van der Waals surface area (Å²) in [7, 11) is -1.80. The molecule has 0 amide bonds. The fraction of sp³-hybridized carbons (Fsp3) is 0.263. The van der Waals surface area contributed by atoms with Gasteiger partial charge < -0.3 is 0 Å². The summed E-state index contributed by atoms with van der Waals surface area (Å²) in [5.74, 6) is 0. The lowest BCUT2D eigenvalue weighted by Crippen LogP contribution is -2.28. The van der Waals surface area contributed by atoms with Crippen molar-refractivity contribution in [1.29, 1.82) is 0 Å². The molecule has 0 saturated heterocycles. The summed E-state index contributed by atoms with van der Waals surface area (Å²) in [6.07, 6.45) is 0. The van der Waals surface area contributed by atoms with E-state index in [1.54, 1.807) is 0 Å². The lowest BCUT2D eigenvalue weighted by molar-refractivity contribution is 1.09. The van der Waals surface area contributed by atoms with E-state index in [4.69, 9.17) is 11.1 Å². The van der Waals surface area contributed by atoms with Crippen LogP contribution in [0.4, 0.5) is 0 Å². The highest BCUT2D eigenvalue weighted by Gasteiger charge is 2.39. The first-order valence-corrected chi connectivity index (χ1v) is 12.6. The molecule has 3 aromatic rings. The molecule has 0 saturated carbocycles. The number of thiophene rings is 1. The predicted octanol–water partition coefficient (Wildman–Crippen LogP) is 6.93. The number of benzene rings is 2. The molecular weight excluding hydrogens is 324 g/mol. The van der Waals surface area contributed by atoms with E-state index in [0.29, 0.717) is 5.54 Å². The van der Waals surface area contributed by atoms with E-state index in [1.165, 1.54) is 42.4 Å². The van der Waals surface area contributed by atoms with Crippen LogP contribution in [-0.2, 0) is 0 Å². The van der Waals surface area contributed by atoms with E-state index in [0.717, 1.165) is 0 Å². The molecule has 4 rings (SSSR count). The van der Waals surface area contributed by atoms with E-state index in [-0.39, 0.29) is 0 Å². The molecule has 0 spiro atoms. The van der Waals surface area contributed by atoms with Gasteiger partial charge in [-0.05, 0) is 42.7 Å². The van der Waals surface area contributed by atoms with Crippen molar-refractivity contribution in [2.45, 2.75) is 32.5 Å². The van der Waals surface area contributed by atoms with E-state index in [1.807, 2.05) is 11.3 Å². The van der Waals surface area contributed by atoms with Gasteiger partial charge in [0.05, 0.1) is 0 Å². The molecule has 0 bridgehead atoms. The van der Waals surface area contributed by atoms with Gasteiger partial charge in [0.25, 0.3) is 0 Å². The number of halogens is 1. The first-order chi connectivity index (χ1) is 10.4. The van der Waals surface area contributed by atoms with Crippen molar-refractivity contribution in [2.24, 2.45) is 0 Å². The SMILES string of the molecule is CC1=C(C)C([Si](C)(C)Cl)c2ccc3sc4ccccc4c3c21. The Labute approximate surface area is 141 Å². The molecule has 1 aliphatic rings. The van der Waals surface area contributed by atoms with Gasteiger partial charge in [-0.3, -0.25) is 0 Å². The van der Waals surface area contributed by atoms with Crippen molar-refractivity contribution in [3.05, 3.63) is 53.1 Å². The molecular formula is C19H19ClSSi. The van der Waals surface area contributed by atoms with Gasteiger partial charge >= 0.3 is 0 Å². The van der Waals surface area contributed by atoms with Gasteiger partial charge in [0.15, 0.2) is 7.38 Å². The average Bonchev–Trinajstić information content (AvgIpc) is 2.94. The van der Waals surface area contributed by atoms with Crippen LogP contribution in [0, 0.1) is 0 Å². The zero-order chi connectivity index (χ0) is 15.6. The minimum absolute atomic E-state index is 0.437. The van der Waals surface area contributed by atoms with Gasteiger partial charge in [0, 0.05) is 25.7 Å². The van der Waals surface area contributed by atoms with E-state index in [2.05, 4.69) is 63.3 Å². The molecule has 0 aliphatic heterocycles. The third-order valence-corrected chi connectivity index (χ3v) is 8.88. The summed E-state index contributed by atoms with van der Waals surface area (Å²) >= 11 is 8.77. The average molecular weight is 343 g/mol. The molecule has 1 unspecified atom stereocenters. The molecule has 0 fully saturated rings. The second kappa shape index (κ2) is 4.70. The Bertz CT molecular complexity index is 943. The van der Waals surface area contributed by atoms with Crippen molar-refractivity contribution >= 4 is 55.5 Å². The van der Waals surface area contributed by atoms with Gasteiger partial charge in [0.1, 0.15) is 0 Å². The number of hydrogen-bond acceptors (Lipinski definition) is 1. The third kappa shape index (κ3) is 1.87. The topological polar surface area (TPSA) is 0 Å². The number of hydrogen-bond donors (Lipinski definition) is 0. The van der Waals surface area contributed by atoms with Crippen molar-refractivity contribution < 1.29 is 0 Å². The summed E-state index contributed by atoms with van der Waals surface area (Å²) in [4.78, 5) is 0. The van der Waals surface area contributed by atoms with Gasteiger partial charge in [-0.2, -0.15) is 11.1 Å². The molecule has 0 nitrogen and oxygen atoms in total. The molecule has 112 valence electrons. The summed E-state index contributed by atoms with van der Waals surface area (Å²) in [5, 5.41) is 2.83. The second-order valence-electron chi connectivity index (χ2n) is 6.81. The quantitative estimate of drug-likeness (QED) is 0.332. The molecule has 1 atom stereocenters. The second-order valence-corrected chi connectivity index (χ2v) is 14.5. The van der Waals surface area contributed by atoms with Gasteiger partial charge in [0.2, 0.25) is 0 Å². The molecule has 0 radical (unpaired) electrons. The van der Waals surface area contributed by atoms with E-state index < -0.39 is 7.38 Å². The van der Waals surface area contributed by atoms with Crippen LogP contribution < -0.4 is 0 Å². The zero-order valence-electron chi connectivity index (χ0n) is 13.3. The Morgan fingerprint density at radius 3 is 2.45 bits per heavy atom. The van der Waals surface area contributed by atoms with Crippen LogP contribution in [-0.4, -0.2) is 7.38 Å². The monoisotopic (exact) mass is 342 g/mol. The maximum atomic E-state index is 6.88. The molecule has 1 aromatic heterocycles. The Morgan fingerprint density at radius 1 is 1.00 bits per heavy atom. The summed E-state index contributed by atoms with van der Waals surface area (Å²) in [6, 6.07) is 13.4. The lowest BCUT2D eigenvalue weighted by Gasteiger charge is -2.25. The van der Waals surface area contributed by atoms with Gasteiger partial charge in [-0.15, -0.1) is 11.3 Å². The summed E-state index contributed by atoms with van der Waals surface area (Å²) in [6.45, 7) is 9.08. The number of rotatable bonds is 1. The fourth-order valence-electron chi connectivity index (χ4n) is 4.01. The Kier molecular flexibility index (Phi) is 3.10. The zero-order valence-corrected chi connectivity index (χ0v) is 15.9. The smallest absolute Gasteiger partial charge is 0.161 e. The highest BCUT2D eigenvalue weighted by molar-refractivity contribution is 7.26. The molecule has 3 heteroatoms. The largest absolute Gasteiger partial charge is 0.167 e. The van der Waals surface area contributed by atoms with Crippen LogP contribution in [0.15, 0.2) is 42.0 Å². The van der Waals surface area contributed by atoms with Gasteiger partial charge in [-0.25, -0.2) is 0 Å². The fourth-order valence-corrected chi connectivity index (χ4v) is 8.19. The van der Waals surface area contributed by atoms with Crippen LogP contribution in [0.3, 0.4) is 0 Å². The van der Waals surface area contributed by atoms with Crippen LogP contribution in [0.5, 0.6) is 0 Å². The van der Waals surface area contributed by atoms with Crippen LogP contribution in [0.25, 0.3) is 25.7 Å². The van der Waals surface area contributed by atoms with Crippen LogP contribution in [0.2, 0.25) is 13.1 Å². The Morgan fingerprint density at radius 2 is 1.73 bits per heavy atom. The van der Waals surface area contributed by atoms with E-state index in [9.17, 15) is 0 Å². The van der Waals surface area contributed by atoms with Crippen LogP contribution in [0.1, 0.15) is 30.5 Å². The predicted molar refractivity (Wildman–Crippen MR) is 104 cm³/mol. The minimum Gasteiger partial charge on any atom is -0.167 e. The normalized spacial score (nSPS) is 18.5. The standard InChI is InChI=1S/C19H19ClSSi/c1-11-12(2)19(22(3,4)20)14-9-10-16-18(17(11)14)13-7-5-6-8-15(13)21-16/h5-10,19H,1-4H3. The minimum atomic E-state index is -1.80. The maximum Gasteiger partial charge on any atom is 0.161 e. The first-order valence-electron chi connectivity index (χ1n) is 7.70. The summed E-state index contributed by atoms with van der Waals surface area (Å²) in [5.41, 5.74) is 6.27. The summed E-state index contributed by atoms with van der Waals surface area (Å²) < 4.78 is 2.77. The Balaban J connectivity index is 2.16. The highest BCUT2D eigenvalue weighted by Crippen LogP contribution is 2.51. The number of allylic oxidation sites excluding steroid dienone is 2. The van der Waals surface area contributed by atoms with Gasteiger partial charge in [-0.1, -0.05) is 42.9 Å². The molecule has 1 aliphatic carbocycles. The first kappa shape index (κ1) is 14.5. The number of fused-ring (bicyclic) bond motifs is 5. The maximum absolute atomic E-state index is 6.88. The van der Waals surface area contributed by atoms with Crippen LogP contribution >= 0.6 is 22.4 Å². The molecule has 1 heterocycles.